The maximum atomic E-state index is 11.8. The third-order valence-corrected chi connectivity index (χ3v) is 4.09. The minimum Gasteiger partial charge on any atom is -0.480 e. The monoisotopic (exact) mass is 351 g/mol. The van der Waals surface area contributed by atoms with E-state index in [0.717, 1.165) is 32.1 Å². The van der Waals surface area contributed by atoms with Crippen LogP contribution in [0.15, 0.2) is 0 Å². The Labute approximate surface area is 169 Å². The van der Waals surface area contributed by atoms with Crippen molar-refractivity contribution in [2.75, 3.05) is 6.54 Å². The number of carbonyl (C=O) groups excluding carboxylic acids is 1. The van der Waals surface area contributed by atoms with Gasteiger partial charge in [-0.2, -0.15) is 0 Å². The van der Waals surface area contributed by atoms with Crippen molar-refractivity contribution in [1.29, 1.82) is 0 Å². The molecule has 5 nitrogen and oxygen atoms in total. The van der Waals surface area contributed by atoms with Gasteiger partial charge in [-0.1, -0.05) is 58.3 Å². The van der Waals surface area contributed by atoms with Crippen molar-refractivity contribution in [2.45, 2.75) is 96.4 Å². The number of aliphatic carboxylic acids is 1. The number of hydrogen-bond donors (Lipinski definition) is 3. The molecular formula is C18H36N2NaO3. The summed E-state index contributed by atoms with van der Waals surface area (Å²) in [6, 6.07) is -0.771. The molecule has 137 valence electrons. The number of carboxylic acid groups (broad SMARTS) is 1. The van der Waals surface area contributed by atoms with Gasteiger partial charge in [-0.05, 0) is 32.2 Å². The molecule has 0 bridgehead atoms. The van der Waals surface area contributed by atoms with Crippen molar-refractivity contribution in [3.63, 3.8) is 0 Å². The molecule has 0 spiro atoms. The molecule has 24 heavy (non-hydrogen) atoms. The van der Waals surface area contributed by atoms with Crippen LogP contribution in [-0.4, -0.2) is 59.1 Å². The summed E-state index contributed by atoms with van der Waals surface area (Å²) < 4.78 is 0. The van der Waals surface area contributed by atoms with Crippen molar-refractivity contribution in [3.05, 3.63) is 0 Å². The molecule has 0 saturated heterocycles. The fourth-order valence-corrected chi connectivity index (χ4v) is 2.61. The zero-order chi connectivity index (χ0) is 17.3. The molecule has 0 aromatic carbocycles. The van der Waals surface area contributed by atoms with E-state index in [1.165, 1.54) is 38.5 Å². The summed E-state index contributed by atoms with van der Waals surface area (Å²) in [6.07, 6.45) is 13.2. The van der Waals surface area contributed by atoms with Gasteiger partial charge in [0, 0.05) is 36.0 Å². The largest absolute Gasteiger partial charge is 0.480 e. The third-order valence-electron chi connectivity index (χ3n) is 4.09. The standard InChI is InChI=1S/C18H36N2O3.Na/c1-2-3-4-5-6-7-8-9-10-14-17(21)20-16(18(22)23)13-11-12-15-19;/h16H,2-15,19H2,1H3,(H,20,21)(H,22,23);/t16-;/m0./s1. The van der Waals surface area contributed by atoms with Gasteiger partial charge in [0.05, 0.1) is 0 Å². The Kier molecular flexibility index (Phi) is 20.9. The molecule has 0 aromatic heterocycles. The number of carbonyl (C=O) groups is 2. The van der Waals surface area contributed by atoms with Crippen LogP contribution in [-0.2, 0) is 9.59 Å². The second kappa shape index (κ2) is 19.2. The zero-order valence-corrected chi connectivity index (χ0v) is 17.8. The number of hydrogen-bond acceptors (Lipinski definition) is 3. The molecule has 1 amide bonds. The van der Waals surface area contributed by atoms with E-state index in [-0.39, 0.29) is 35.5 Å². The van der Waals surface area contributed by atoms with Gasteiger partial charge in [-0.25, -0.2) is 4.79 Å². The van der Waals surface area contributed by atoms with E-state index in [1.807, 2.05) is 0 Å². The molecule has 0 unspecified atom stereocenters. The van der Waals surface area contributed by atoms with Gasteiger partial charge in [0.1, 0.15) is 6.04 Å². The Morgan fingerprint density at radius 2 is 1.46 bits per heavy atom. The molecule has 0 aromatic rings. The van der Waals surface area contributed by atoms with E-state index < -0.39 is 12.0 Å². The average Bonchev–Trinajstić information content (AvgIpc) is 2.52. The van der Waals surface area contributed by atoms with Crippen molar-refractivity contribution in [1.82, 2.24) is 5.32 Å². The molecular weight excluding hydrogens is 315 g/mol. The van der Waals surface area contributed by atoms with Gasteiger partial charge < -0.3 is 16.2 Å². The maximum absolute atomic E-state index is 11.8. The molecule has 0 rings (SSSR count). The second-order valence-electron chi connectivity index (χ2n) is 6.32. The Morgan fingerprint density at radius 3 is 1.96 bits per heavy atom. The van der Waals surface area contributed by atoms with Crippen molar-refractivity contribution >= 4 is 41.4 Å². The van der Waals surface area contributed by atoms with Crippen LogP contribution in [0, 0.1) is 0 Å². The maximum Gasteiger partial charge on any atom is 0.326 e. The van der Waals surface area contributed by atoms with Crippen LogP contribution in [0.1, 0.15) is 90.4 Å². The molecule has 0 aliphatic heterocycles. The van der Waals surface area contributed by atoms with Crippen LogP contribution in [0.3, 0.4) is 0 Å². The Balaban J connectivity index is 0. The fraction of sp³-hybridized carbons (Fsp3) is 0.889. The van der Waals surface area contributed by atoms with Crippen molar-refractivity contribution < 1.29 is 14.7 Å². The summed E-state index contributed by atoms with van der Waals surface area (Å²) in [5, 5.41) is 11.7. The summed E-state index contributed by atoms with van der Waals surface area (Å²) in [4.78, 5) is 22.9. The molecule has 0 aliphatic carbocycles. The molecule has 0 saturated carbocycles. The van der Waals surface area contributed by atoms with Crippen molar-refractivity contribution in [2.24, 2.45) is 5.73 Å². The zero-order valence-electron chi connectivity index (χ0n) is 15.8. The molecule has 1 radical (unpaired) electrons. The normalized spacial score (nSPS) is 11.6. The topological polar surface area (TPSA) is 92.4 Å². The summed E-state index contributed by atoms with van der Waals surface area (Å²) in [5.74, 6) is -1.10. The van der Waals surface area contributed by atoms with E-state index in [2.05, 4.69) is 12.2 Å². The van der Waals surface area contributed by atoms with Gasteiger partial charge in [0.15, 0.2) is 0 Å². The summed E-state index contributed by atoms with van der Waals surface area (Å²) >= 11 is 0. The number of nitrogens with two attached hydrogens (primary N) is 1. The SMILES string of the molecule is CCCCCCCCCCCC(=O)N[C@@H](CCCCN)C(=O)O.[Na]. The molecule has 6 heteroatoms. The van der Waals surface area contributed by atoms with E-state index in [1.54, 1.807) is 0 Å². The minimum atomic E-state index is -0.956. The van der Waals surface area contributed by atoms with E-state index >= 15 is 0 Å². The first kappa shape index (κ1) is 26.1. The Morgan fingerprint density at radius 1 is 0.917 bits per heavy atom. The molecule has 0 fully saturated rings. The smallest absolute Gasteiger partial charge is 0.326 e. The number of carboxylic acids is 1. The number of unbranched alkanes of at least 4 members (excludes halogenated alkanes) is 9. The quantitative estimate of drug-likeness (QED) is 0.294. The summed E-state index contributed by atoms with van der Waals surface area (Å²) in [7, 11) is 0. The summed E-state index contributed by atoms with van der Waals surface area (Å²) in [5.41, 5.74) is 5.40. The van der Waals surface area contributed by atoms with E-state index in [0.29, 0.717) is 19.4 Å². The van der Waals surface area contributed by atoms with Crippen LogP contribution in [0.25, 0.3) is 0 Å². The van der Waals surface area contributed by atoms with Crippen LogP contribution in [0.2, 0.25) is 0 Å². The average molecular weight is 351 g/mol. The van der Waals surface area contributed by atoms with Gasteiger partial charge in [-0.3, -0.25) is 4.79 Å². The van der Waals surface area contributed by atoms with Crippen LogP contribution < -0.4 is 11.1 Å². The van der Waals surface area contributed by atoms with E-state index in [4.69, 9.17) is 10.8 Å². The van der Waals surface area contributed by atoms with Gasteiger partial charge >= 0.3 is 5.97 Å². The van der Waals surface area contributed by atoms with Crippen LogP contribution >= 0.6 is 0 Å². The first-order valence-electron chi connectivity index (χ1n) is 9.34. The first-order valence-corrected chi connectivity index (χ1v) is 9.34. The molecule has 4 N–H and O–H groups in total. The van der Waals surface area contributed by atoms with Gasteiger partial charge in [0.25, 0.3) is 0 Å². The second-order valence-corrected chi connectivity index (χ2v) is 6.32. The predicted octanol–water partition coefficient (Wildman–Crippen LogP) is 3.22. The first-order chi connectivity index (χ1) is 11.1. The molecule has 0 heterocycles. The van der Waals surface area contributed by atoms with Crippen LogP contribution in [0.5, 0.6) is 0 Å². The fourth-order valence-electron chi connectivity index (χ4n) is 2.61. The molecule has 0 aliphatic rings. The van der Waals surface area contributed by atoms with Gasteiger partial charge in [-0.15, -0.1) is 0 Å². The van der Waals surface area contributed by atoms with Gasteiger partial charge in [0.2, 0.25) is 5.91 Å². The van der Waals surface area contributed by atoms with E-state index in [9.17, 15) is 9.59 Å². The van der Waals surface area contributed by atoms with Crippen LogP contribution in [0.4, 0.5) is 0 Å². The predicted molar refractivity (Wildman–Crippen MR) is 100 cm³/mol. The molecule has 1 atom stereocenters. The number of nitrogens with one attached hydrogen (secondary N) is 1. The minimum absolute atomic E-state index is 0. The third kappa shape index (κ3) is 16.7. The Bertz CT molecular complexity index is 315. The Hall–Kier alpha value is -0.100. The number of amides is 1. The van der Waals surface area contributed by atoms with Crippen molar-refractivity contribution in [3.8, 4) is 0 Å². The summed E-state index contributed by atoms with van der Waals surface area (Å²) in [6.45, 7) is 2.77. The number of rotatable bonds is 16.